The molecule has 0 unspecified atom stereocenters. The minimum atomic E-state index is 0.386. The molecule has 1 fully saturated rings. The molecule has 0 atom stereocenters. The van der Waals surface area contributed by atoms with E-state index in [9.17, 15) is 0 Å². The van der Waals surface area contributed by atoms with Crippen molar-refractivity contribution < 1.29 is 0 Å². The van der Waals surface area contributed by atoms with Gasteiger partial charge in [-0.15, -0.1) is 22.9 Å². The smallest absolute Gasteiger partial charge is 0.140 e. The summed E-state index contributed by atoms with van der Waals surface area (Å²) in [5.74, 6) is 1.76. The fraction of sp³-hybridized carbons (Fsp3) is 0.571. The van der Waals surface area contributed by atoms with E-state index in [0.29, 0.717) is 11.3 Å². The van der Waals surface area contributed by atoms with Gasteiger partial charge in [0.15, 0.2) is 0 Å². The first-order chi connectivity index (χ1) is 9.17. The Labute approximate surface area is 122 Å². The number of alkyl halides is 1. The summed E-state index contributed by atoms with van der Waals surface area (Å²) in [5, 5.41) is 1.57. The van der Waals surface area contributed by atoms with Crippen molar-refractivity contribution in [2.24, 2.45) is 5.92 Å². The summed E-state index contributed by atoms with van der Waals surface area (Å²) in [5.41, 5.74) is 0. The fourth-order valence-corrected chi connectivity index (χ4v) is 4.08. The van der Waals surface area contributed by atoms with Crippen LogP contribution in [0.5, 0.6) is 0 Å². The maximum Gasteiger partial charge on any atom is 0.140 e. The van der Waals surface area contributed by atoms with Crippen LogP contribution < -0.4 is 4.90 Å². The average Bonchev–Trinajstić information content (AvgIpc) is 2.79. The standard InChI is InChI=1S/C14H18ClN3S/c1-3-11-6-12-13(16-8-17-14(12)19-11)18(2)7-9-4-10(15)5-9/h6,8-10H,3-5,7H2,1-2H3. The summed E-state index contributed by atoms with van der Waals surface area (Å²) < 4.78 is 0. The van der Waals surface area contributed by atoms with Crippen LogP contribution in [0, 0.1) is 5.92 Å². The molecular formula is C14H18ClN3S. The van der Waals surface area contributed by atoms with Crippen molar-refractivity contribution in [2.75, 3.05) is 18.5 Å². The van der Waals surface area contributed by atoms with Crippen LogP contribution >= 0.6 is 22.9 Å². The van der Waals surface area contributed by atoms with Crippen molar-refractivity contribution in [1.29, 1.82) is 0 Å². The zero-order valence-corrected chi connectivity index (χ0v) is 12.8. The van der Waals surface area contributed by atoms with Crippen LogP contribution in [0.4, 0.5) is 5.82 Å². The largest absolute Gasteiger partial charge is 0.359 e. The molecule has 1 aliphatic rings. The molecular weight excluding hydrogens is 278 g/mol. The van der Waals surface area contributed by atoms with E-state index in [4.69, 9.17) is 11.6 Å². The Morgan fingerprint density at radius 3 is 2.89 bits per heavy atom. The summed E-state index contributed by atoms with van der Waals surface area (Å²) in [6.07, 6.45) is 4.99. The lowest BCUT2D eigenvalue weighted by Gasteiger charge is -2.34. The number of rotatable bonds is 4. The minimum absolute atomic E-state index is 0.386. The lowest BCUT2D eigenvalue weighted by Crippen LogP contribution is -2.35. The molecule has 2 aromatic rings. The Bertz CT molecular complexity index is 577. The minimum Gasteiger partial charge on any atom is -0.359 e. The number of aromatic nitrogens is 2. The van der Waals surface area contributed by atoms with E-state index in [1.165, 1.54) is 10.3 Å². The average molecular weight is 296 g/mol. The first-order valence-electron chi connectivity index (χ1n) is 6.76. The van der Waals surface area contributed by atoms with Crippen molar-refractivity contribution in [2.45, 2.75) is 31.6 Å². The third kappa shape index (κ3) is 2.56. The highest BCUT2D eigenvalue weighted by Gasteiger charge is 2.28. The first-order valence-corrected chi connectivity index (χ1v) is 8.01. The fourth-order valence-electron chi connectivity index (χ4n) is 2.65. The predicted molar refractivity (Wildman–Crippen MR) is 82.4 cm³/mol. The van der Waals surface area contributed by atoms with E-state index < -0.39 is 0 Å². The zero-order chi connectivity index (χ0) is 13.4. The molecule has 0 radical (unpaired) electrons. The molecule has 0 N–H and O–H groups in total. The van der Waals surface area contributed by atoms with Crippen molar-refractivity contribution >= 4 is 39.0 Å². The van der Waals surface area contributed by atoms with Gasteiger partial charge in [0.05, 0.1) is 5.39 Å². The number of anilines is 1. The maximum absolute atomic E-state index is 6.05. The van der Waals surface area contributed by atoms with Gasteiger partial charge in [0.2, 0.25) is 0 Å². The summed E-state index contributed by atoms with van der Waals surface area (Å²) in [6.45, 7) is 3.21. The van der Waals surface area contributed by atoms with Gasteiger partial charge in [-0.3, -0.25) is 0 Å². The summed E-state index contributed by atoms with van der Waals surface area (Å²) in [4.78, 5) is 13.6. The van der Waals surface area contributed by atoms with Crippen LogP contribution in [0.3, 0.4) is 0 Å². The SMILES string of the molecule is CCc1cc2c(N(C)CC3CC(Cl)C3)ncnc2s1. The molecule has 0 amide bonds. The molecule has 0 aromatic carbocycles. The number of hydrogen-bond donors (Lipinski definition) is 0. The van der Waals surface area contributed by atoms with Gasteiger partial charge in [0, 0.05) is 23.8 Å². The van der Waals surface area contributed by atoms with Crippen LogP contribution in [0.2, 0.25) is 0 Å². The number of fused-ring (bicyclic) bond motifs is 1. The van der Waals surface area contributed by atoms with E-state index in [1.54, 1.807) is 17.7 Å². The zero-order valence-electron chi connectivity index (χ0n) is 11.3. The molecule has 0 spiro atoms. The predicted octanol–water partition coefficient (Wildman–Crippen LogP) is 3.71. The van der Waals surface area contributed by atoms with Gasteiger partial charge < -0.3 is 4.90 Å². The number of hydrogen-bond acceptors (Lipinski definition) is 4. The summed E-state index contributed by atoms with van der Waals surface area (Å²) >= 11 is 7.82. The molecule has 2 aromatic heterocycles. The molecule has 1 aliphatic carbocycles. The van der Waals surface area contributed by atoms with E-state index in [-0.39, 0.29) is 0 Å². The topological polar surface area (TPSA) is 29.0 Å². The van der Waals surface area contributed by atoms with Gasteiger partial charge in [-0.25, -0.2) is 9.97 Å². The number of halogens is 1. The van der Waals surface area contributed by atoms with Gasteiger partial charge in [-0.2, -0.15) is 0 Å². The third-order valence-electron chi connectivity index (χ3n) is 3.78. The lowest BCUT2D eigenvalue weighted by molar-refractivity contribution is 0.329. The van der Waals surface area contributed by atoms with Crippen molar-refractivity contribution in [3.05, 3.63) is 17.3 Å². The van der Waals surface area contributed by atoms with Crippen LogP contribution in [-0.2, 0) is 6.42 Å². The molecule has 2 heterocycles. The van der Waals surface area contributed by atoms with E-state index in [0.717, 1.165) is 36.5 Å². The molecule has 3 nitrogen and oxygen atoms in total. The Morgan fingerprint density at radius 2 is 2.21 bits per heavy atom. The van der Waals surface area contributed by atoms with Crippen molar-refractivity contribution in [3.63, 3.8) is 0 Å². The molecule has 5 heteroatoms. The molecule has 0 bridgehead atoms. The Balaban J connectivity index is 1.84. The van der Waals surface area contributed by atoms with E-state index >= 15 is 0 Å². The number of aryl methyl sites for hydroxylation is 1. The normalized spacial score (nSPS) is 22.5. The molecule has 0 saturated heterocycles. The van der Waals surface area contributed by atoms with Crippen molar-refractivity contribution in [1.82, 2.24) is 9.97 Å². The van der Waals surface area contributed by atoms with Crippen molar-refractivity contribution in [3.8, 4) is 0 Å². The third-order valence-corrected chi connectivity index (χ3v) is 5.32. The van der Waals surface area contributed by atoms with E-state index in [2.05, 4.69) is 34.9 Å². The molecule has 3 rings (SSSR count). The molecule has 19 heavy (non-hydrogen) atoms. The van der Waals surface area contributed by atoms with Crippen LogP contribution in [0.15, 0.2) is 12.4 Å². The highest BCUT2D eigenvalue weighted by Crippen LogP contribution is 2.35. The van der Waals surface area contributed by atoms with Crippen LogP contribution in [-0.4, -0.2) is 28.9 Å². The van der Waals surface area contributed by atoms with Gasteiger partial charge >= 0.3 is 0 Å². The second-order valence-corrected chi connectivity index (χ2v) is 7.03. The second-order valence-electron chi connectivity index (χ2n) is 5.30. The Morgan fingerprint density at radius 1 is 1.42 bits per heavy atom. The summed E-state index contributed by atoms with van der Waals surface area (Å²) in [7, 11) is 2.12. The Kier molecular flexibility index (Phi) is 3.63. The van der Waals surface area contributed by atoms with Gasteiger partial charge in [-0.05, 0) is 31.2 Å². The summed E-state index contributed by atoms with van der Waals surface area (Å²) in [6, 6.07) is 2.23. The molecule has 102 valence electrons. The monoisotopic (exact) mass is 295 g/mol. The highest BCUT2D eigenvalue weighted by molar-refractivity contribution is 7.18. The number of thiophene rings is 1. The van der Waals surface area contributed by atoms with Crippen LogP contribution in [0.1, 0.15) is 24.6 Å². The lowest BCUT2D eigenvalue weighted by atomic mass is 9.84. The molecule has 0 aliphatic heterocycles. The Hall–Kier alpha value is -0.870. The first kappa shape index (κ1) is 13.1. The van der Waals surface area contributed by atoms with Crippen LogP contribution in [0.25, 0.3) is 10.2 Å². The maximum atomic E-state index is 6.05. The van der Waals surface area contributed by atoms with Gasteiger partial charge in [-0.1, -0.05) is 6.92 Å². The quantitative estimate of drug-likeness (QED) is 0.805. The van der Waals surface area contributed by atoms with E-state index in [1.807, 2.05) is 0 Å². The second kappa shape index (κ2) is 5.25. The number of nitrogens with zero attached hydrogens (tertiary/aromatic N) is 3. The van der Waals surface area contributed by atoms with Gasteiger partial charge in [0.1, 0.15) is 17.0 Å². The molecule has 1 saturated carbocycles. The highest BCUT2D eigenvalue weighted by atomic mass is 35.5. The van der Waals surface area contributed by atoms with Gasteiger partial charge in [0.25, 0.3) is 0 Å².